The molecule has 5 rings (SSSR count). The van der Waals surface area contributed by atoms with E-state index in [0.717, 1.165) is 28.3 Å². The minimum Gasteiger partial charge on any atom is -0.373 e. The molecule has 3 heterocycles. The first-order valence-electron chi connectivity index (χ1n) is 9.17. The molecule has 0 N–H and O–H groups in total. The van der Waals surface area contributed by atoms with Gasteiger partial charge in [-0.15, -0.1) is 11.3 Å². The van der Waals surface area contributed by atoms with Gasteiger partial charge in [0.2, 0.25) is 0 Å². The molecule has 1 aromatic heterocycles. The number of ketones is 2. The summed E-state index contributed by atoms with van der Waals surface area (Å²) in [4.78, 5) is 32.0. The van der Waals surface area contributed by atoms with Gasteiger partial charge in [-0.1, -0.05) is 30.1 Å². The first kappa shape index (κ1) is 17.8. The fraction of sp³-hybridized carbons (Fsp3) is 0.450. The van der Waals surface area contributed by atoms with Crippen molar-refractivity contribution in [3.63, 3.8) is 0 Å². The highest BCUT2D eigenvalue weighted by molar-refractivity contribution is 7.15. The summed E-state index contributed by atoms with van der Waals surface area (Å²) < 4.78 is 5.83. The van der Waals surface area contributed by atoms with Crippen molar-refractivity contribution in [1.29, 1.82) is 0 Å². The monoisotopic (exact) mass is 421 g/mol. The number of fused-ring (bicyclic) bond motifs is 5. The molecule has 0 spiro atoms. The van der Waals surface area contributed by atoms with Gasteiger partial charge in [0.25, 0.3) is 0 Å². The van der Waals surface area contributed by atoms with Gasteiger partial charge >= 0.3 is 0 Å². The van der Waals surface area contributed by atoms with Crippen LogP contribution in [0.5, 0.6) is 0 Å². The summed E-state index contributed by atoms with van der Waals surface area (Å²) in [5.74, 6) is -1.33. The van der Waals surface area contributed by atoms with Crippen LogP contribution < -0.4 is 0 Å². The van der Waals surface area contributed by atoms with E-state index in [1.54, 1.807) is 12.1 Å². The molecule has 0 amide bonds. The second kappa shape index (κ2) is 6.38. The summed E-state index contributed by atoms with van der Waals surface area (Å²) in [7, 11) is 0. The van der Waals surface area contributed by atoms with Crippen molar-refractivity contribution in [2.75, 3.05) is 0 Å². The van der Waals surface area contributed by atoms with Gasteiger partial charge in [0.1, 0.15) is 10.9 Å². The van der Waals surface area contributed by atoms with Gasteiger partial charge in [0.15, 0.2) is 11.6 Å². The lowest BCUT2D eigenvalue weighted by atomic mass is 9.81. The number of thiazole rings is 1. The van der Waals surface area contributed by atoms with E-state index >= 15 is 0 Å². The Kier molecular flexibility index (Phi) is 4.20. The number of halogens is 2. The molecule has 140 valence electrons. The summed E-state index contributed by atoms with van der Waals surface area (Å²) in [6, 6.07) is 5.27. The molecule has 1 aromatic carbocycles. The van der Waals surface area contributed by atoms with Crippen LogP contribution in [-0.2, 0) is 20.7 Å². The van der Waals surface area contributed by atoms with E-state index in [4.69, 9.17) is 32.9 Å². The maximum absolute atomic E-state index is 13.1. The van der Waals surface area contributed by atoms with E-state index in [0.29, 0.717) is 22.2 Å². The standard InChI is InChI=1S/C20H17Cl2NO3S/c1-2-13-17(23-20(27-13)9-4-3-8(21)7-10(9)22)16-18(24)14-11-5-6-12(26-11)15(14)19(16)25/h3-4,7,11-12,14-16H,2,5-6H2,1H3/t11-,12+,14+,15-,16?. The fourth-order valence-corrected chi connectivity index (χ4v) is 6.45. The number of nitrogens with zero attached hydrogens (tertiary/aromatic N) is 1. The van der Waals surface area contributed by atoms with Gasteiger partial charge in [-0.05, 0) is 37.5 Å². The van der Waals surface area contributed by atoms with Crippen molar-refractivity contribution in [2.45, 2.75) is 44.3 Å². The van der Waals surface area contributed by atoms with Crippen LogP contribution in [0.4, 0.5) is 0 Å². The minimum atomic E-state index is -0.752. The Morgan fingerprint density at radius 2 is 1.81 bits per heavy atom. The van der Waals surface area contributed by atoms with Crippen molar-refractivity contribution < 1.29 is 14.3 Å². The van der Waals surface area contributed by atoms with Gasteiger partial charge in [-0.25, -0.2) is 4.98 Å². The highest BCUT2D eigenvalue weighted by Crippen LogP contribution is 2.53. The largest absolute Gasteiger partial charge is 0.373 e. The lowest BCUT2D eigenvalue weighted by Gasteiger charge is -2.16. The molecule has 2 bridgehead atoms. The number of ether oxygens (including phenoxy) is 1. The number of aryl methyl sites for hydroxylation is 1. The molecule has 1 unspecified atom stereocenters. The van der Waals surface area contributed by atoms with E-state index in [1.165, 1.54) is 11.3 Å². The van der Waals surface area contributed by atoms with Crippen LogP contribution in [0.25, 0.3) is 10.6 Å². The molecule has 1 aliphatic carbocycles. The maximum Gasteiger partial charge on any atom is 0.155 e. The van der Waals surface area contributed by atoms with E-state index in [9.17, 15) is 9.59 Å². The zero-order valence-electron chi connectivity index (χ0n) is 14.6. The average Bonchev–Trinajstić information content (AvgIpc) is 3.38. The summed E-state index contributed by atoms with van der Waals surface area (Å²) in [5.41, 5.74) is 1.39. The second-order valence-corrected chi connectivity index (χ2v) is 9.31. The number of Topliss-reactive ketones (excluding diaryl/α,β-unsaturated/α-hetero) is 2. The van der Waals surface area contributed by atoms with Crippen molar-refractivity contribution >= 4 is 46.1 Å². The van der Waals surface area contributed by atoms with E-state index in [-0.39, 0.29) is 35.6 Å². The molecule has 5 atom stereocenters. The average molecular weight is 422 g/mol. The minimum absolute atomic E-state index is 0.00838. The predicted molar refractivity (Wildman–Crippen MR) is 105 cm³/mol. The zero-order chi connectivity index (χ0) is 18.9. The van der Waals surface area contributed by atoms with Crippen molar-refractivity contribution in [2.24, 2.45) is 11.8 Å². The third-order valence-corrected chi connectivity index (χ3v) is 7.78. The topological polar surface area (TPSA) is 56.3 Å². The van der Waals surface area contributed by atoms with Gasteiger partial charge in [-0.3, -0.25) is 9.59 Å². The summed E-state index contributed by atoms with van der Waals surface area (Å²) in [5, 5.41) is 1.79. The molecular weight excluding hydrogens is 405 g/mol. The lowest BCUT2D eigenvalue weighted by Crippen LogP contribution is -2.29. The van der Waals surface area contributed by atoms with Crippen molar-refractivity contribution in [3.05, 3.63) is 38.8 Å². The number of rotatable bonds is 3. The molecule has 3 fully saturated rings. The van der Waals surface area contributed by atoms with Gasteiger partial charge in [0, 0.05) is 15.5 Å². The predicted octanol–water partition coefficient (Wildman–Crippen LogP) is 4.71. The van der Waals surface area contributed by atoms with Gasteiger partial charge in [-0.2, -0.15) is 0 Å². The number of carbonyl (C=O) groups excluding carboxylic acids is 2. The van der Waals surface area contributed by atoms with Crippen LogP contribution >= 0.6 is 34.5 Å². The van der Waals surface area contributed by atoms with Crippen LogP contribution in [0.3, 0.4) is 0 Å². The second-order valence-electron chi connectivity index (χ2n) is 7.38. The Balaban J connectivity index is 1.57. The fourth-order valence-electron chi connectivity index (χ4n) is 4.82. The third-order valence-electron chi connectivity index (χ3n) is 5.98. The van der Waals surface area contributed by atoms with E-state index < -0.39 is 5.92 Å². The van der Waals surface area contributed by atoms with Crippen molar-refractivity contribution in [1.82, 2.24) is 4.98 Å². The Bertz CT molecular complexity index is 944. The van der Waals surface area contributed by atoms with Gasteiger partial charge < -0.3 is 4.74 Å². The van der Waals surface area contributed by atoms with Crippen LogP contribution in [-0.4, -0.2) is 28.8 Å². The molecule has 2 aliphatic heterocycles. The van der Waals surface area contributed by atoms with E-state index in [1.807, 2.05) is 13.0 Å². The van der Waals surface area contributed by atoms with Crippen LogP contribution in [0, 0.1) is 11.8 Å². The number of benzene rings is 1. The quantitative estimate of drug-likeness (QED) is 0.673. The van der Waals surface area contributed by atoms with Crippen LogP contribution in [0.15, 0.2) is 18.2 Å². The van der Waals surface area contributed by atoms with Crippen LogP contribution in [0.1, 0.15) is 36.3 Å². The first-order valence-corrected chi connectivity index (χ1v) is 10.7. The SMILES string of the molecule is CCc1sc(-c2ccc(Cl)cc2Cl)nc1C1C(=O)[C@@H]2[C@H](C1=O)[C@@H]1CC[C@H]2O1. The number of carbonyl (C=O) groups is 2. The summed E-state index contributed by atoms with van der Waals surface area (Å²) in [6.07, 6.45) is 2.29. The van der Waals surface area contributed by atoms with Gasteiger partial charge in [0.05, 0.1) is 34.8 Å². The Morgan fingerprint density at radius 1 is 1.15 bits per heavy atom. The number of hydrogen-bond acceptors (Lipinski definition) is 5. The Morgan fingerprint density at radius 3 is 2.41 bits per heavy atom. The smallest absolute Gasteiger partial charge is 0.155 e. The summed E-state index contributed by atoms with van der Waals surface area (Å²) >= 11 is 13.8. The highest BCUT2D eigenvalue weighted by Gasteiger charge is 2.63. The summed E-state index contributed by atoms with van der Waals surface area (Å²) in [6.45, 7) is 2.02. The molecule has 1 saturated carbocycles. The van der Waals surface area contributed by atoms with Crippen LogP contribution in [0.2, 0.25) is 10.0 Å². The molecule has 7 heteroatoms. The number of aromatic nitrogens is 1. The lowest BCUT2D eigenvalue weighted by molar-refractivity contribution is -0.127. The first-order chi connectivity index (χ1) is 13.0. The normalized spacial score (nSPS) is 31.7. The molecule has 2 aromatic rings. The Labute approximate surface area is 170 Å². The Hall–Kier alpha value is -1.27. The van der Waals surface area contributed by atoms with E-state index in [2.05, 4.69) is 0 Å². The molecule has 0 radical (unpaired) electrons. The molecule has 2 saturated heterocycles. The number of hydrogen-bond donors (Lipinski definition) is 0. The third kappa shape index (κ3) is 2.55. The molecular formula is C20H17Cl2NO3S. The highest BCUT2D eigenvalue weighted by atomic mass is 35.5. The zero-order valence-corrected chi connectivity index (χ0v) is 16.9. The molecule has 4 nitrogen and oxygen atoms in total. The maximum atomic E-state index is 13.1. The van der Waals surface area contributed by atoms with Crippen molar-refractivity contribution in [3.8, 4) is 10.6 Å². The molecule has 27 heavy (non-hydrogen) atoms. The molecule has 3 aliphatic rings.